The van der Waals surface area contributed by atoms with Gasteiger partial charge >= 0.3 is 6.03 Å². The minimum Gasteiger partial charge on any atom is -0.381 e. The highest BCUT2D eigenvalue weighted by Crippen LogP contribution is 2.27. The molecule has 0 unspecified atom stereocenters. The van der Waals surface area contributed by atoms with Crippen molar-refractivity contribution in [3.8, 4) is 0 Å². The van der Waals surface area contributed by atoms with E-state index in [-0.39, 0.29) is 36.1 Å². The van der Waals surface area contributed by atoms with E-state index in [1.165, 1.54) is 22.5 Å². The summed E-state index contributed by atoms with van der Waals surface area (Å²) in [6.07, 6.45) is 3.49. The van der Waals surface area contributed by atoms with Crippen LogP contribution in [0, 0.1) is 5.82 Å². The van der Waals surface area contributed by atoms with Gasteiger partial charge in [0.15, 0.2) is 0 Å². The largest absolute Gasteiger partial charge is 0.381 e. The number of urea groups is 1. The first kappa shape index (κ1) is 22.0. The monoisotopic (exact) mass is 427 g/mol. The molecule has 7 nitrogen and oxygen atoms in total. The lowest BCUT2D eigenvalue weighted by Crippen LogP contribution is -2.56. The molecule has 2 fully saturated rings. The van der Waals surface area contributed by atoms with Crippen LogP contribution in [0.15, 0.2) is 29.2 Å². The third-order valence-corrected chi connectivity index (χ3v) is 7.55. The molecule has 3 rings (SSSR count). The molecule has 29 heavy (non-hydrogen) atoms. The molecule has 2 saturated heterocycles. The maximum atomic E-state index is 14.0. The van der Waals surface area contributed by atoms with Gasteiger partial charge in [0.1, 0.15) is 10.7 Å². The highest BCUT2D eigenvalue weighted by Gasteiger charge is 2.37. The molecule has 0 bridgehead atoms. The van der Waals surface area contributed by atoms with Crippen molar-refractivity contribution in [1.82, 2.24) is 14.5 Å². The summed E-state index contributed by atoms with van der Waals surface area (Å²) in [4.78, 5) is 14.5. The van der Waals surface area contributed by atoms with Crippen LogP contribution >= 0.6 is 0 Å². The van der Waals surface area contributed by atoms with Crippen molar-refractivity contribution in [3.05, 3.63) is 30.1 Å². The molecule has 2 amide bonds. The van der Waals surface area contributed by atoms with Crippen LogP contribution in [0.3, 0.4) is 0 Å². The SMILES string of the molecule is CCCNC(=O)N(C1CCOCC1)C1CCN(S(=O)(=O)c2ccccc2F)CC1. The molecule has 0 radical (unpaired) electrons. The smallest absolute Gasteiger partial charge is 0.317 e. The maximum absolute atomic E-state index is 14.0. The molecule has 2 aliphatic rings. The van der Waals surface area contributed by atoms with Gasteiger partial charge < -0.3 is 15.0 Å². The average Bonchev–Trinajstić information content (AvgIpc) is 2.74. The topological polar surface area (TPSA) is 79.0 Å². The van der Waals surface area contributed by atoms with E-state index in [2.05, 4.69) is 5.32 Å². The highest BCUT2D eigenvalue weighted by atomic mass is 32.2. The van der Waals surface area contributed by atoms with Crippen molar-refractivity contribution in [3.63, 3.8) is 0 Å². The first-order valence-electron chi connectivity index (χ1n) is 10.3. The number of carbonyl (C=O) groups is 1. The second-order valence-corrected chi connectivity index (χ2v) is 9.45. The van der Waals surface area contributed by atoms with E-state index in [9.17, 15) is 17.6 Å². The van der Waals surface area contributed by atoms with Crippen LogP contribution in [0.25, 0.3) is 0 Å². The number of carbonyl (C=O) groups excluding carboxylic acids is 1. The fourth-order valence-corrected chi connectivity index (χ4v) is 5.60. The number of rotatable bonds is 6. The predicted octanol–water partition coefficient (Wildman–Crippen LogP) is 2.58. The quantitative estimate of drug-likeness (QED) is 0.757. The van der Waals surface area contributed by atoms with Crippen molar-refractivity contribution < 1.29 is 22.3 Å². The number of hydrogen-bond acceptors (Lipinski definition) is 4. The van der Waals surface area contributed by atoms with E-state index < -0.39 is 15.8 Å². The summed E-state index contributed by atoms with van der Waals surface area (Å²) < 4.78 is 46.5. The number of nitrogens with one attached hydrogen (secondary N) is 1. The van der Waals surface area contributed by atoms with Crippen molar-refractivity contribution in [1.29, 1.82) is 0 Å². The van der Waals surface area contributed by atoms with E-state index in [0.29, 0.717) is 32.6 Å². The van der Waals surface area contributed by atoms with Gasteiger partial charge in [0.05, 0.1) is 0 Å². The Morgan fingerprint density at radius 3 is 2.41 bits per heavy atom. The van der Waals surface area contributed by atoms with Crippen LogP contribution in [-0.4, -0.2) is 68.6 Å². The highest BCUT2D eigenvalue weighted by molar-refractivity contribution is 7.89. The molecule has 0 atom stereocenters. The summed E-state index contributed by atoms with van der Waals surface area (Å²) in [5.41, 5.74) is 0. The summed E-state index contributed by atoms with van der Waals surface area (Å²) in [5, 5.41) is 2.97. The third-order valence-electron chi connectivity index (χ3n) is 5.62. The Morgan fingerprint density at radius 2 is 1.79 bits per heavy atom. The number of nitrogens with zero attached hydrogens (tertiary/aromatic N) is 2. The molecule has 0 aromatic heterocycles. The summed E-state index contributed by atoms with van der Waals surface area (Å²) in [7, 11) is -3.88. The van der Waals surface area contributed by atoms with Gasteiger partial charge in [-0.3, -0.25) is 0 Å². The van der Waals surface area contributed by atoms with Crippen molar-refractivity contribution >= 4 is 16.1 Å². The normalized spacial score (nSPS) is 19.8. The summed E-state index contributed by atoms with van der Waals surface area (Å²) in [6.45, 7) is 4.40. The van der Waals surface area contributed by atoms with Crippen LogP contribution < -0.4 is 5.32 Å². The second-order valence-electron chi connectivity index (χ2n) is 7.55. The van der Waals surface area contributed by atoms with Gasteiger partial charge in [0.2, 0.25) is 10.0 Å². The standard InChI is InChI=1S/C20H30FN3O4S/c1-2-11-22-20(25)24(17-9-14-28-15-10-17)16-7-12-23(13-8-16)29(26,27)19-6-4-3-5-18(19)21/h3-6,16-17H,2,7-15H2,1H3,(H,22,25). The van der Waals surface area contributed by atoms with E-state index in [0.717, 1.165) is 25.3 Å². The summed E-state index contributed by atoms with van der Waals surface area (Å²) >= 11 is 0. The minimum atomic E-state index is -3.88. The lowest BCUT2D eigenvalue weighted by atomic mass is 9.99. The molecular formula is C20H30FN3O4S. The lowest BCUT2D eigenvalue weighted by molar-refractivity contribution is 0.0255. The van der Waals surface area contributed by atoms with Gasteiger partial charge in [-0.2, -0.15) is 4.31 Å². The fraction of sp³-hybridized carbons (Fsp3) is 0.650. The van der Waals surface area contributed by atoms with Crippen LogP contribution in [0.2, 0.25) is 0 Å². The van der Waals surface area contributed by atoms with Crippen LogP contribution in [0.4, 0.5) is 9.18 Å². The van der Waals surface area contributed by atoms with Gasteiger partial charge in [-0.15, -0.1) is 0 Å². The molecule has 1 aromatic rings. The molecule has 0 saturated carbocycles. The molecule has 0 aliphatic carbocycles. The first-order valence-corrected chi connectivity index (χ1v) is 11.8. The average molecular weight is 428 g/mol. The predicted molar refractivity (Wildman–Crippen MR) is 108 cm³/mol. The molecular weight excluding hydrogens is 397 g/mol. The Labute approximate surface area is 172 Å². The van der Waals surface area contributed by atoms with Gasteiger partial charge in [0, 0.05) is 44.9 Å². The third kappa shape index (κ3) is 5.07. The molecule has 0 spiro atoms. The molecule has 2 aliphatic heterocycles. The zero-order valence-electron chi connectivity index (χ0n) is 16.8. The number of halogens is 1. The first-order chi connectivity index (χ1) is 13.9. The van der Waals surface area contributed by atoms with Gasteiger partial charge in [-0.1, -0.05) is 19.1 Å². The Bertz CT molecular complexity index is 791. The van der Waals surface area contributed by atoms with Crippen LogP contribution in [0.5, 0.6) is 0 Å². The minimum absolute atomic E-state index is 0.0398. The molecule has 1 aromatic carbocycles. The van der Waals surface area contributed by atoms with Crippen LogP contribution in [-0.2, 0) is 14.8 Å². The summed E-state index contributed by atoms with van der Waals surface area (Å²) in [5.74, 6) is -0.739. The maximum Gasteiger partial charge on any atom is 0.317 e. The van der Waals surface area contributed by atoms with E-state index in [1.54, 1.807) is 0 Å². The number of hydrogen-bond donors (Lipinski definition) is 1. The van der Waals surface area contributed by atoms with Crippen LogP contribution in [0.1, 0.15) is 39.0 Å². The molecule has 2 heterocycles. The van der Waals surface area contributed by atoms with Crippen molar-refractivity contribution in [2.75, 3.05) is 32.8 Å². The Balaban J connectivity index is 1.70. The van der Waals surface area contributed by atoms with E-state index >= 15 is 0 Å². The molecule has 162 valence electrons. The number of sulfonamides is 1. The Kier molecular flexibility index (Phi) is 7.48. The van der Waals surface area contributed by atoms with Crippen molar-refractivity contribution in [2.45, 2.75) is 56.0 Å². The molecule has 9 heteroatoms. The van der Waals surface area contributed by atoms with Gasteiger partial charge in [0.25, 0.3) is 0 Å². The summed E-state index contributed by atoms with van der Waals surface area (Å²) in [6, 6.07) is 5.42. The Morgan fingerprint density at radius 1 is 1.17 bits per heavy atom. The zero-order chi connectivity index (χ0) is 20.9. The number of ether oxygens (including phenoxy) is 1. The van der Waals surface area contributed by atoms with E-state index in [4.69, 9.17) is 4.74 Å². The Hall–Kier alpha value is -1.71. The number of amides is 2. The number of piperidine rings is 1. The second kappa shape index (κ2) is 9.86. The lowest BCUT2D eigenvalue weighted by Gasteiger charge is -2.43. The number of benzene rings is 1. The van der Waals surface area contributed by atoms with Crippen molar-refractivity contribution in [2.24, 2.45) is 0 Å². The molecule has 1 N–H and O–H groups in total. The zero-order valence-corrected chi connectivity index (χ0v) is 17.7. The van der Waals surface area contributed by atoms with Gasteiger partial charge in [-0.05, 0) is 44.2 Å². The van der Waals surface area contributed by atoms with Gasteiger partial charge in [-0.25, -0.2) is 17.6 Å². The van der Waals surface area contributed by atoms with E-state index in [1.807, 2.05) is 11.8 Å². The fourth-order valence-electron chi connectivity index (χ4n) is 4.07.